The van der Waals surface area contributed by atoms with Crippen LogP contribution >= 0.6 is 0 Å². The maximum absolute atomic E-state index is 9.17. The summed E-state index contributed by atoms with van der Waals surface area (Å²) in [6, 6.07) is 17.6. The molecule has 2 rings (SSSR count). The van der Waals surface area contributed by atoms with E-state index in [0.717, 1.165) is 16.7 Å². The van der Waals surface area contributed by atoms with Gasteiger partial charge in [0.05, 0.1) is 6.61 Å². The van der Waals surface area contributed by atoms with Gasteiger partial charge in [0.1, 0.15) is 6.10 Å². The molecule has 0 aliphatic carbocycles. The van der Waals surface area contributed by atoms with Crippen LogP contribution in [0.15, 0.2) is 61.2 Å². The first-order chi connectivity index (χ1) is 9.27. The molecule has 0 saturated heterocycles. The summed E-state index contributed by atoms with van der Waals surface area (Å²) in [6.07, 6.45) is -0.815. The first-order valence-electron chi connectivity index (χ1n) is 6.02. The third-order valence-corrected chi connectivity index (χ3v) is 3.04. The normalized spacial score (nSPS) is 12.1. The fourth-order valence-corrected chi connectivity index (χ4v) is 2.01. The fraction of sp³-hybridized carbons (Fsp3) is 0.125. The molecular formula is C16H16O3. The number of aliphatic hydroxyl groups excluding tert-OH is 1. The third kappa shape index (κ3) is 2.90. The largest absolute Gasteiger partial charge is 0.393 e. The minimum atomic E-state index is -0.815. The van der Waals surface area contributed by atoms with E-state index in [2.05, 4.69) is 11.5 Å². The van der Waals surface area contributed by atoms with Crippen molar-refractivity contribution in [2.24, 2.45) is 0 Å². The Morgan fingerprint density at radius 1 is 1.05 bits per heavy atom. The van der Waals surface area contributed by atoms with E-state index in [-0.39, 0.29) is 6.61 Å². The highest BCUT2D eigenvalue weighted by Gasteiger charge is 2.17. The summed E-state index contributed by atoms with van der Waals surface area (Å²) < 4.78 is 0. The predicted molar refractivity (Wildman–Crippen MR) is 75.5 cm³/mol. The topological polar surface area (TPSA) is 49.7 Å². The van der Waals surface area contributed by atoms with E-state index < -0.39 is 6.10 Å². The molecule has 0 aliphatic rings. The zero-order valence-corrected chi connectivity index (χ0v) is 10.5. The molecule has 19 heavy (non-hydrogen) atoms. The number of aliphatic hydroxyl groups is 1. The maximum Gasteiger partial charge on any atom is 0.141 e. The molecule has 0 fully saturated rings. The molecule has 2 aromatic rings. The number of rotatable bonds is 5. The molecule has 0 spiro atoms. The lowest BCUT2D eigenvalue weighted by Gasteiger charge is -2.17. The standard InChI is InChI=1S/C16H16O3/c1-12(16(11-17)19-18)14-9-5-6-10-15(14)13-7-3-2-4-8-13/h2-10,16-18H,1,11H2. The van der Waals surface area contributed by atoms with Crippen molar-refractivity contribution in [1.29, 1.82) is 0 Å². The summed E-state index contributed by atoms with van der Waals surface area (Å²) in [6.45, 7) is 3.59. The summed E-state index contributed by atoms with van der Waals surface area (Å²) in [5.41, 5.74) is 3.43. The molecule has 0 bridgehead atoms. The average molecular weight is 256 g/mol. The average Bonchev–Trinajstić information content (AvgIpc) is 2.49. The Bertz CT molecular complexity index is 545. The van der Waals surface area contributed by atoms with Crippen LogP contribution in [0.2, 0.25) is 0 Å². The Morgan fingerprint density at radius 3 is 2.32 bits per heavy atom. The van der Waals surface area contributed by atoms with Gasteiger partial charge in [0.2, 0.25) is 0 Å². The van der Waals surface area contributed by atoms with E-state index in [1.807, 2.05) is 54.6 Å². The predicted octanol–water partition coefficient (Wildman–Crippen LogP) is 3.22. The molecule has 0 amide bonds. The van der Waals surface area contributed by atoms with Gasteiger partial charge in [-0.3, -0.25) is 5.26 Å². The summed E-state index contributed by atoms with van der Waals surface area (Å²) in [4.78, 5) is 4.26. The van der Waals surface area contributed by atoms with Gasteiger partial charge < -0.3 is 5.11 Å². The lowest BCUT2D eigenvalue weighted by molar-refractivity contribution is -0.268. The molecule has 1 atom stereocenters. The van der Waals surface area contributed by atoms with Crippen molar-refractivity contribution in [1.82, 2.24) is 0 Å². The highest BCUT2D eigenvalue weighted by atomic mass is 17.1. The lowest BCUT2D eigenvalue weighted by Crippen LogP contribution is -2.17. The molecule has 2 aromatic carbocycles. The van der Waals surface area contributed by atoms with Crippen LogP contribution in [0, 0.1) is 0 Å². The molecule has 1 unspecified atom stereocenters. The molecule has 0 aliphatic heterocycles. The molecule has 0 saturated carbocycles. The summed E-state index contributed by atoms with van der Waals surface area (Å²) in [7, 11) is 0. The van der Waals surface area contributed by atoms with Crippen molar-refractivity contribution in [3.8, 4) is 11.1 Å². The second kappa shape index (κ2) is 6.29. The first kappa shape index (κ1) is 13.5. The van der Waals surface area contributed by atoms with Crippen LogP contribution in [-0.4, -0.2) is 23.1 Å². The van der Waals surface area contributed by atoms with Gasteiger partial charge in [-0.15, -0.1) is 0 Å². The van der Waals surface area contributed by atoms with E-state index in [0.29, 0.717) is 5.57 Å². The van der Waals surface area contributed by atoms with Crippen LogP contribution in [0.25, 0.3) is 16.7 Å². The van der Waals surface area contributed by atoms with E-state index in [1.165, 1.54) is 0 Å². The Kier molecular flexibility index (Phi) is 4.47. The summed E-state index contributed by atoms with van der Waals surface area (Å²) >= 11 is 0. The van der Waals surface area contributed by atoms with Crippen molar-refractivity contribution < 1.29 is 15.3 Å². The minimum Gasteiger partial charge on any atom is -0.393 e. The summed E-state index contributed by atoms with van der Waals surface area (Å²) in [5.74, 6) is 0. The highest BCUT2D eigenvalue weighted by Crippen LogP contribution is 2.30. The van der Waals surface area contributed by atoms with Gasteiger partial charge in [-0.25, -0.2) is 4.89 Å². The first-order valence-corrected chi connectivity index (χ1v) is 6.02. The molecule has 0 aromatic heterocycles. The van der Waals surface area contributed by atoms with Gasteiger partial charge in [0.15, 0.2) is 0 Å². The van der Waals surface area contributed by atoms with Crippen LogP contribution in [0.5, 0.6) is 0 Å². The van der Waals surface area contributed by atoms with Crippen LogP contribution < -0.4 is 0 Å². The zero-order valence-electron chi connectivity index (χ0n) is 10.5. The number of hydrogen-bond donors (Lipinski definition) is 2. The zero-order chi connectivity index (χ0) is 13.7. The van der Waals surface area contributed by atoms with Crippen molar-refractivity contribution in [3.63, 3.8) is 0 Å². The van der Waals surface area contributed by atoms with E-state index in [4.69, 9.17) is 5.26 Å². The van der Waals surface area contributed by atoms with Crippen LogP contribution in [0.4, 0.5) is 0 Å². The lowest BCUT2D eigenvalue weighted by atomic mass is 9.93. The van der Waals surface area contributed by atoms with Crippen LogP contribution in [0.3, 0.4) is 0 Å². The van der Waals surface area contributed by atoms with Gasteiger partial charge >= 0.3 is 0 Å². The number of hydrogen-bond acceptors (Lipinski definition) is 3. The minimum absolute atomic E-state index is 0.321. The smallest absolute Gasteiger partial charge is 0.141 e. The Morgan fingerprint density at radius 2 is 1.68 bits per heavy atom. The maximum atomic E-state index is 9.17. The molecule has 98 valence electrons. The molecule has 0 heterocycles. The molecule has 3 heteroatoms. The van der Waals surface area contributed by atoms with E-state index >= 15 is 0 Å². The fourth-order valence-electron chi connectivity index (χ4n) is 2.01. The van der Waals surface area contributed by atoms with Crippen molar-refractivity contribution in [2.45, 2.75) is 6.10 Å². The van der Waals surface area contributed by atoms with Gasteiger partial charge in [-0.2, -0.15) is 0 Å². The SMILES string of the molecule is C=C(c1ccccc1-c1ccccc1)C(CO)OO. The van der Waals surface area contributed by atoms with Gasteiger partial charge in [-0.1, -0.05) is 61.2 Å². The second-order valence-electron chi connectivity index (χ2n) is 4.21. The quantitative estimate of drug-likeness (QED) is 0.638. The monoisotopic (exact) mass is 256 g/mol. The van der Waals surface area contributed by atoms with Gasteiger partial charge in [-0.05, 0) is 22.3 Å². The second-order valence-corrected chi connectivity index (χ2v) is 4.21. The van der Waals surface area contributed by atoms with Crippen LogP contribution in [-0.2, 0) is 4.89 Å². The number of benzene rings is 2. The Labute approximate surface area is 112 Å². The van der Waals surface area contributed by atoms with E-state index in [9.17, 15) is 5.11 Å². The molecule has 0 radical (unpaired) electrons. The Hall–Kier alpha value is -1.94. The molecule has 3 nitrogen and oxygen atoms in total. The van der Waals surface area contributed by atoms with Gasteiger partial charge in [0, 0.05) is 0 Å². The Balaban J connectivity index is 2.45. The van der Waals surface area contributed by atoms with E-state index in [1.54, 1.807) is 0 Å². The van der Waals surface area contributed by atoms with Crippen molar-refractivity contribution in [3.05, 3.63) is 66.7 Å². The third-order valence-electron chi connectivity index (χ3n) is 3.04. The molecular weight excluding hydrogens is 240 g/mol. The van der Waals surface area contributed by atoms with Crippen molar-refractivity contribution >= 4 is 5.57 Å². The highest BCUT2D eigenvalue weighted by molar-refractivity contribution is 5.81. The molecule has 2 N–H and O–H groups in total. The van der Waals surface area contributed by atoms with Crippen LogP contribution in [0.1, 0.15) is 5.56 Å². The summed E-state index contributed by atoms with van der Waals surface area (Å²) in [5, 5.41) is 18.0. The van der Waals surface area contributed by atoms with Crippen molar-refractivity contribution in [2.75, 3.05) is 6.61 Å². The van der Waals surface area contributed by atoms with Gasteiger partial charge in [0.25, 0.3) is 0 Å².